The maximum absolute atomic E-state index is 10.8. The van der Waals surface area contributed by atoms with E-state index < -0.39 is 5.97 Å². The van der Waals surface area contributed by atoms with Crippen molar-refractivity contribution < 1.29 is 14.6 Å². The Morgan fingerprint density at radius 2 is 1.80 bits per heavy atom. The number of aliphatic carboxylic acids is 1. The van der Waals surface area contributed by atoms with Gasteiger partial charge in [0.25, 0.3) is 0 Å². The molecule has 0 aliphatic heterocycles. The zero-order valence-electron chi connectivity index (χ0n) is 10.5. The Balaban J connectivity index is 2.25. The van der Waals surface area contributed by atoms with E-state index >= 15 is 0 Å². The van der Waals surface area contributed by atoms with Gasteiger partial charge >= 0.3 is 5.97 Å². The number of carbonyl (C=O) groups is 1. The van der Waals surface area contributed by atoms with Crippen LogP contribution in [0.2, 0.25) is 0 Å². The largest absolute Gasteiger partial charge is 0.477 e. The molecule has 20 heavy (non-hydrogen) atoms. The highest BCUT2D eigenvalue weighted by atomic mass is 16.5. The molecule has 2 rings (SSSR count). The van der Waals surface area contributed by atoms with Crippen LogP contribution in [-0.4, -0.2) is 11.1 Å². The fourth-order valence-corrected chi connectivity index (χ4v) is 1.60. The summed E-state index contributed by atoms with van der Waals surface area (Å²) in [7, 11) is 0. The molecule has 4 heteroatoms. The number of nitriles is 1. The number of carboxylic acids is 1. The minimum Gasteiger partial charge on any atom is -0.477 e. The topological polar surface area (TPSA) is 70.3 Å². The highest BCUT2D eigenvalue weighted by molar-refractivity contribution is 5.96. The maximum atomic E-state index is 10.8. The van der Waals surface area contributed by atoms with Crippen LogP contribution in [-0.2, 0) is 4.79 Å². The van der Waals surface area contributed by atoms with Gasteiger partial charge < -0.3 is 9.84 Å². The van der Waals surface area contributed by atoms with Gasteiger partial charge in [-0.3, -0.25) is 0 Å². The summed E-state index contributed by atoms with van der Waals surface area (Å²) in [5.74, 6) is 0.0156. The third-order valence-electron chi connectivity index (χ3n) is 2.50. The quantitative estimate of drug-likeness (QED) is 0.678. The molecule has 2 aromatic rings. The van der Waals surface area contributed by atoms with Gasteiger partial charge in [-0.25, -0.2) is 4.79 Å². The molecule has 0 saturated carbocycles. The average molecular weight is 265 g/mol. The molecule has 0 aliphatic carbocycles. The molecule has 1 N–H and O–H groups in total. The van der Waals surface area contributed by atoms with Crippen LogP contribution < -0.4 is 4.74 Å². The zero-order chi connectivity index (χ0) is 14.4. The van der Waals surface area contributed by atoms with Crippen molar-refractivity contribution in [3.63, 3.8) is 0 Å². The minimum atomic E-state index is -1.25. The van der Waals surface area contributed by atoms with Crippen LogP contribution in [0.15, 0.2) is 60.2 Å². The Hall–Kier alpha value is -3.06. The van der Waals surface area contributed by atoms with E-state index in [9.17, 15) is 4.79 Å². The summed E-state index contributed by atoms with van der Waals surface area (Å²) in [6.45, 7) is 0. The lowest BCUT2D eigenvalue weighted by atomic mass is 10.1. The molecule has 0 spiro atoms. The van der Waals surface area contributed by atoms with Crippen molar-refractivity contribution >= 4 is 12.0 Å². The second-order valence-electron chi connectivity index (χ2n) is 3.96. The number of ether oxygens (including phenoxy) is 1. The second-order valence-corrected chi connectivity index (χ2v) is 3.96. The molecule has 2 aromatic carbocycles. The normalized spacial score (nSPS) is 10.7. The molecule has 0 aromatic heterocycles. The van der Waals surface area contributed by atoms with Crippen molar-refractivity contribution in [3.8, 4) is 17.6 Å². The van der Waals surface area contributed by atoms with Gasteiger partial charge in [-0.2, -0.15) is 5.26 Å². The molecule has 0 bridgehead atoms. The van der Waals surface area contributed by atoms with E-state index in [0.717, 1.165) is 0 Å². The van der Waals surface area contributed by atoms with Crippen LogP contribution in [0.4, 0.5) is 0 Å². The van der Waals surface area contributed by atoms with E-state index in [0.29, 0.717) is 17.1 Å². The third kappa shape index (κ3) is 3.47. The van der Waals surface area contributed by atoms with Gasteiger partial charge in [0.1, 0.15) is 23.1 Å². The van der Waals surface area contributed by atoms with Crippen LogP contribution in [0.3, 0.4) is 0 Å². The lowest BCUT2D eigenvalue weighted by Gasteiger charge is -2.06. The summed E-state index contributed by atoms with van der Waals surface area (Å²) in [4.78, 5) is 10.8. The first-order valence-corrected chi connectivity index (χ1v) is 5.87. The fraction of sp³-hybridized carbons (Fsp3) is 0. The van der Waals surface area contributed by atoms with Crippen LogP contribution in [0.25, 0.3) is 6.08 Å². The van der Waals surface area contributed by atoms with Crippen molar-refractivity contribution in [1.82, 2.24) is 0 Å². The highest BCUT2D eigenvalue weighted by Crippen LogP contribution is 2.22. The molecule has 0 fully saturated rings. The first-order valence-electron chi connectivity index (χ1n) is 5.87. The van der Waals surface area contributed by atoms with Gasteiger partial charge in [-0.15, -0.1) is 0 Å². The summed E-state index contributed by atoms with van der Waals surface area (Å²) in [6.07, 6.45) is 1.31. The van der Waals surface area contributed by atoms with Crippen molar-refractivity contribution in [2.45, 2.75) is 0 Å². The smallest absolute Gasteiger partial charge is 0.346 e. The first kappa shape index (κ1) is 13.4. The number of benzene rings is 2. The van der Waals surface area contributed by atoms with E-state index in [4.69, 9.17) is 15.1 Å². The molecule has 0 amide bonds. The predicted molar refractivity (Wildman–Crippen MR) is 74.2 cm³/mol. The van der Waals surface area contributed by atoms with Gasteiger partial charge in [0, 0.05) is 0 Å². The Kier molecular flexibility index (Phi) is 4.15. The molecule has 98 valence electrons. The Bertz CT molecular complexity index is 684. The van der Waals surface area contributed by atoms with Crippen molar-refractivity contribution in [1.29, 1.82) is 5.26 Å². The second kappa shape index (κ2) is 6.21. The van der Waals surface area contributed by atoms with Crippen LogP contribution in [0, 0.1) is 11.3 Å². The molecule has 0 saturated heterocycles. The Morgan fingerprint density at radius 3 is 2.45 bits per heavy atom. The van der Waals surface area contributed by atoms with Gasteiger partial charge in [0.2, 0.25) is 0 Å². The number of rotatable bonds is 4. The van der Waals surface area contributed by atoms with Crippen LogP contribution in [0.1, 0.15) is 5.56 Å². The number of hydrogen-bond acceptors (Lipinski definition) is 3. The Labute approximate surface area is 116 Å². The predicted octanol–water partition coefficient (Wildman–Crippen LogP) is 3.47. The van der Waals surface area contributed by atoms with Crippen molar-refractivity contribution in [2.24, 2.45) is 0 Å². The summed E-state index contributed by atoms with van der Waals surface area (Å²) in [6, 6.07) is 17.8. The van der Waals surface area contributed by atoms with Gasteiger partial charge in [-0.05, 0) is 35.9 Å². The van der Waals surface area contributed by atoms with Gasteiger partial charge in [0.05, 0.1) is 0 Å². The lowest BCUT2D eigenvalue weighted by molar-refractivity contribution is -0.132. The van der Waals surface area contributed by atoms with E-state index in [1.807, 2.05) is 30.3 Å². The molecular weight excluding hydrogens is 254 g/mol. The van der Waals surface area contributed by atoms with E-state index in [1.54, 1.807) is 30.3 Å². The summed E-state index contributed by atoms with van der Waals surface area (Å²) >= 11 is 0. The van der Waals surface area contributed by atoms with E-state index in [2.05, 4.69) is 0 Å². The first-order chi connectivity index (χ1) is 9.69. The summed E-state index contributed by atoms with van der Waals surface area (Å²) in [5.41, 5.74) is 0.277. The highest BCUT2D eigenvalue weighted by Gasteiger charge is 2.06. The van der Waals surface area contributed by atoms with Gasteiger partial charge in [-0.1, -0.05) is 30.3 Å². The number of para-hydroxylation sites is 1. The molecule has 0 atom stereocenters. The minimum absolute atomic E-state index is 0.318. The molecule has 0 radical (unpaired) electrons. The third-order valence-corrected chi connectivity index (χ3v) is 2.50. The number of hydrogen-bond donors (Lipinski definition) is 1. The standard InChI is InChI=1S/C16H11NO3/c17-11-13(16(18)19)9-12-5-4-8-15(10-12)20-14-6-2-1-3-7-14/h1-10H,(H,18,19)/b13-9+. The number of nitrogens with zero attached hydrogens (tertiary/aromatic N) is 1. The molecular formula is C16H11NO3. The van der Waals surface area contributed by atoms with Crippen LogP contribution in [0.5, 0.6) is 11.5 Å². The Morgan fingerprint density at radius 1 is 1.10 bits per heavy atom. The molecule has 4 nitrogen and oxygen atoms in total. The van der Waals surface area contributed by atoms with E-state index in [1.165, 1.54) is 6.08 Å². The molecule has 0 heterocycles. The lowest BCUT2D eigenvalue weighted by Crippen LogP contribution is -1.97. The SMILES string of the molecule is N#C/C(=C\c1cccc(Oc2ccccc2)c1)C(=O)O. The van der Waals surface area contributed by atoms with Gasteiger partial charge in [0.15, 0.2) is 0 Å². The van der Waals surface area contributed by atoms with Crippen molar-refractivity contribution in [3.05, 3.63) is 65.7 Å². The maximum Gasteiger partial charge on any atom is 0.346 e. The average Bonchev–Trinajstić information content (AvgIpc) is 2.46. The van der Waals surface area contributed by atoms with Crippen LogP contribution >= 0.6 is 0 Å². The van der Waals surface area contributed by atoms with E-state index in [-0.39, 0.29) is 5.57 Å². The summed E-state index contributed by atoms with van der Waals surface area (Å²) < 4.78 is 5.64. The monoisotopic (exact) mass is 265 g/mol. The molecule has 0 unspecified atom stereocenters. The van der Waals surface area contributed by atoms with Crippen molar-refractivity contribution in [2.75, 3.05) is 0 Å². The number of carboxylic acid groups (broad SMARTS) is 1. The molecule has 0 aliphatic rings. The zero-order valence-corrected chi connectivity index (χ0v) is 10.5. The fourth-order valence-electron chi connectivity index (χ4n) is 1.60. The summed E-state index contributed by atoms with van der Waals surface area (Å²) in [5, 5.41) is 17.5.